The van der Waals surface area contributed by atoms with Gasteiger partial charge in [-0.15, -0.1) is 0 Å². The molecule has 0 unspecified atom stereocenters. The molecule has 4 atom stereocenters. The van der Waals surface area contributed by atoms with Crippen molar-refractivity contribution in [1.82, 2.24) is 4.90 Å². The molecule has 5 heteroatoms. The first-order chi connectivity index (χ1) is 8.68. The zero-order chi connectivity index (χ0) is 12.7. The summed E-state index contributed by atoms with van der Waals surface area (Å²) in [4.78, 5) is 25.6. The molecule has 0 saturated carbocycles. The lowest BCUT2D eigenvalue weighted by Gasteiger charge is -2.31. The van der Waals surface area contributed by atoms with Gasteiger partial charge in [-0.25, -0.2) is 0 Å². The van der Waals surface area contributed by atoms with Crippen LogP contribution in [-0.4, -0.2) is 47.2 Å². The SMILES string of the molecule is O=C(O)[C@@H]1[C@H](C(=O)N2CCCCC2)[C@@H]2C=C[C@@H]1O2. The molecule has 0 aromatic carbocycles. The predicted molar refractivity (Wildman–Crippen MR) is 62.8 cm³/mol. The van der Waals surface area contributed by atoms with E-state index in [-0.39, 0.29) is 12.0 Å². The van der Waals surface area contributed by atoms with Crippen LogP contribution < -0.4 is 0 Å². The summed E-state index contributed by atoms with van der Waals surface area (Å²) >= 11 is 0. The van der Waals surface area contributed by atoms with Crippen molar-refractivity contribution in [3.05, 3.63) is 12.2 Å². The molecule has 3 aliphatic heterocycles. The van der Waals surface area contributed by atoms with Crippen LogP contribution in [0.4, 0.5) is 0 Å². The smallest absolute Gasteiger partial charge is 0.310 e. The minimum atomic E-state index is -0.929. The number of rotatable bonds is 2. The summed E-state index contributed by atoms with van der Waals surface area (Å²) in [5, 5.41) is 9.27. The molecule has 2 bridgehead atoms. The molecular formula is C13H17NO4. The number of carboxylic acids is 1. The van der Waals surface area contributed by atoms with Gasteiger partial charge < -0.3 is 14.7 Å². The van der Waals surface area contributed by atoms with Gasteiger partial charge in [0, 0.05) is 13.1 Å². The quantitative estimate of drug-likeness (QED) is 0.732. The van der Waals surface area contributed by atoms with E-state index in [0.717, 1.165) is 32.4 Å². The normalized spacial score (nSPS) is 38.1. The van der Waals surface area contributed by atoms with Gasteiger partial charge in [-0.1, -0.05) is 12.2 Å². The Hall–Kier alpha value is -1.36. The number of carbonyl (C=O) groups is 2. The number of ether oxygens (including phenoxy) is 1. The van der Waals surface area contributed by atoms with Crippen molar-refractivity contribution in [2.75, 3.05) is 13.1 Å². The Bertz CT molecular complexity index is 400. The van der Waals surface area contributed by atoms with Crippen molar-refractivity contribution in [1.29, 1.82) is 0 Å². The van der Waals surface area contributed by atoms with Crippen LogP contribution in [0.15, 0.2) is 12.2 Å². The fraction of sp³-hybridized carbons (Fsp3) is 0.692. The van der Waals surface area contributed by atoms with Crippen LogP contribution in [0.5, 0.6) is 0 Å². The minimum Gasteiger partial charge on any atom is -0.481 e. The largest absolute Gasteiger partial charge is 0.481 e. The Balaban J connectivity index is 1.79. The van der Waals surface area contributed by atoms with E-state index in [4.69, 9.17) is 4.74 Å². The van der Waals surface area contributed by atoms with Crippen LogP contribution in [0.3, 0.4) is 0 Å². The summed E-state index contributed by atoms with van der Waals surface area (Å²) < 4.78 is 5.53. The lowest BCUT2D eigenvalue weighted by atomic mass is 9.82. The number of fused-ring (bicyclic) bond motifs is 2. The first-order valence-corrected chi connectivity index (χ1v) is 6.54. The van der Waals surface area contributed by atoms with Crippen LogP contribution in [0, 0.1) is 11.8 Å². The van der Waals surface area contributed by atoms with E-state index in [1.807, 2.05) is 11.0 Å². The first-order valence-electron chi connectivity index (χ1n) is 6.54. The number of hydrogen-bond donors (Lipinski definition) is 1. The number of carbonyl (C=O) groups excluding carboxylic acids is 1. The van der Waals surface area contributed by atoms with Gasteiger partial charge in [-0.05, 0) is 19.3 Å². The topological polar surface area (TPSA) is 66.8 Å². The molecule has 1 amide bonds. The van der Waals surface area contributed by atoms with Crippen LogP contribution >= 0.6 is 0 Å². The van der Waals surface area contributed by atoms with Crippen molar-refractivity contribution in [2.45, 2.75) is 31.5 Å². The Morgan fingerprint density at radius 2 is 1.67 bits per heavy atom. The Morgan fingerprint density at radius 3 is 2.28 bits per heavy atom. The molecule has 18 heavy (non-hydrogen) atoms. The number of aliphatic carboxylic acids is 1. The fourth-order valence-corrected chi connectivity index (χ4v) is 3.22. The van der Waals surface area contributed by atoms with Crippen LogP contribution in [-0.2, 0) is 14.3 Å². The monoisotopic (exact) mass is 251 g/mol. The lowest BCUT2D eigenvalue weighted by molar-refractivity contribution is -0.149. The second-order valence-electron chi connectivity index (χ2n) is 5.23. The van der Waals surface area contributed by atoms with E-state index in [1.54, 1.807) is 6.08 Å². The standard InChI is InChI=1S/C13H17NO4/c15-12(14-6-2-1-3-7-14)10-8-4-5-9(18-8)11(10)13(16)17/h4-5,8-11H,1-3,6-7H2,(H,16,17)/t8-,9-,10+,11-/m0/s1. The van der Waals surface area contributed by atoms with Crippen molar-refractivity contribution in [2.24, 2.45) is 11.8 Å². The van der Waals surface area contributed by atoms with E-state index < -0.39 is 23.9 Å². The molecule has 98 valence electrons. The molecule has 2 fully saturated rings. The van der Waals surface area contributed by atoms with Crippen molar-refractivity contribution < 1.29 is 19.4 Å². The number of nitrogens with zero attached hydrogens (tertiary/aromatic N) is 1. The highest BCUT2D eigenvalue weighted by molar-refractivity contribution is 5.87. The number of piperidine rings is 1. The average Bonchev–Trinajstić information content (AvgIpc) is 2.99. The molecule has 0 aromatic heterocycles. The molecule has 3 heterocycles. The van der Waals surface area contributed by atoms with Crippen LogP contribution in [0.25, 0.3) is 0 Å². The minimum absolute atomic E-state index is 0.0426. The van der Waals surface area contributed by atoms with E-state index >= 15 is 0 Å². The summed E-state index contributed by atoms with van der Waals surface area (Å²) in [6, 6.07) is 0. The van der Waals surface area contributed by atoms with Gasteiger partial charge in [0.25, 0.3) is 0 Å². The van der Waals surface area contributed by atoms with E-state index in [2.05, 4.69) is 0 Å². The zero-order valence-electron chi connectivity index (χ0n) is 10.1. The molecule has 3 rings (SSSR count). The van der Waals surface area contributed by atoms with Gasteiger partial charge in [0.1, 0.15) is 5.92 Å². The summed E-state index contributed by atoms with van der Waals surface area (Å²) in [6.45, 7) is 1.51. The number of carboxylic acid groups (broad SMARTS) is 1. The summed E-state index contributed by atoms with van der Waals surface area (Å²) in [7, 11) is 0. The lowest BCUT2D eigenvalue weighted by Crippen LogP contribution is -2.46. The van der Waals surface area contributed by atoms with Gasteiger partial charge in [0.15, 0.2) is 0 Å². The van der Waals surface area contributed by atoms with E-state index in [9.17, 15) is 14.7 Å². The maximum Gasteiger partial charge on any atom is 0.310 e. The zero-order valence-corrected chi connectivity index (χ0v) is 10.1. The second-order valence-corrected chi connectivity index (χ2v) is 5.23. The van der Waals surface area contributed by atoms with E-state index in [1.165, 1.54) is 0 Å². The van der Waals surface area contributed by atoms with Crippen molar-refractivity contribution in [3.63, 3.8) is 0 Å². The molecule has 0 spiro atoms. The molecule has 5 nitrogen and oxygen atoms in total. The summed E-state index contributed by atoms with van der Waals surface area (Å²) in [5.41, 5.74) is 0. The Labute approximate surface area is 105 Å². The fourth-order valence-electron chi connectivity index (χ4n) is 3.22. The van der Waals surface area contributed by atoms with Crippen molar-refractivity contribution >= 4 is 11.9 Å². The number of likely N-dealkylation sites (tertiary alicyclic amines) is 1. The highest BCUT2D eigenvalue weighted by Gasteiger charge is 2.54. The highest BCUT2D eigenvalue weighted by atomic mass is 16.5. The van der Waals surface area contributed by atoms with Crippen molar-refractivity contribution in [3.8, 4) is 0 Å². The number of hydrogen-bond acceptors (Lipinski definition) is 3. The molecule has 0 aromatic rings. The van der Waals surface area contributed by atoms with Gasteiger partial charge >= 0.3 is 5.97 Å². The predicted octanol–water partition coefficient (Wildman–Crippen LogP) is 0.653. The van der Waals surface area contributed by atoms with E-state index in [0.29, 0.717) is 0 Å². The first kappa shape index (κ1) is 11.7. The highest BCUT2D eigenvalue weighted by Crippen LogP contribution is 2.40. The molecule has 3 aliphatic rings. The summed E-state index contributed by atoms with van der Waals surface area (Å²) in [6.07, 6.45) is 6.01. The average molecular weight is 251 g/mol. The third-order valence-electron chi connectivity index (χ3n) is 4.14. The Kier molecular flexibility index (Phi) is 2.86. The maximum absolute atomic E-state index is 12.5. The maximum atomic E-state index is 12.5. The molecule has 0 aliphatic carbocycles. The summed E-state index contributed by atoms with van der Waals surface area (Å²) in [5.74, 6) is -2.22. The Morgan fingerprint density at radius 1 is 1.06 bits per heavy atom. The molecule has 1 N–H and O–H groups in total. The molecule has 2 saturated heterocycles. The molecular weight excluding hydrogens is 234 g/mol. The van der Waals surface area contributed by atoms with Gasteiger partial charge in [-0.2, -0.15) is 0 Å². The third kappa shape index (κ3) is 1.73. The second kappa shape index (κ2) is 4.39. The van der Waals surface area contributed by atoms with Gasteiger partial charge in [0.2, 0.25) is 5.91 Å². The molecule has 0 radical (unpaired) electrons. The van der Waals surface area contributed by atoms with Gasteiger partial charge in [-0.3, -0.25) is 9.59 Å². The third-order valence-corrected chi connectivity index (χ3v) is 4.14. The van der Waals surface area contributed by atoms with Gasteiger partial charge in [0.05, 0.1) is 18.1 Å². The van der Waals surface area contributed by atoms with Crippen LogP contribution in [0.1, 0.15) is 19.3 Å². The number of amides is 1. The van der Waals surface area contributed by atoms with Crippen LogP contribution in [0.2, 0.25) is 0 Å².